The van der Waals surface area contributed by atoms with Gasteiger partial charge in [0.15, 0.2) is 0 Å². The van der Waals surface area contributed by atoms with Crippen LogP contribution >= 0.6 is 0 Å². The Kier molecular flexibility index (Phi) is 2.16. The molecule has 0 spiro atoms. The van der Waals surface area contributed by atoms with E-state index in [1.165, 1.54) is 0 Å². The molecule has 1 aliphatic rings. The van der Waals surface area contributed by atoms with Crippen LogP contribution in [0, 0.1) is 0 Å². The molecule has 58 valence electrons. The summed E-state index contributed by atoms with van der Waals surface area (Å²) < 4.78 is 28.2. The Morgan fingerprint density at radius 1 is 1.70 bits per heavy atom. The average Bonchev–Trinajstić information content (AvgIpc) is 1.88. The maximum atomic E-state index is 11.8. The average molecular weight is 151 g/mol. The molecule has 0 aromatic heterocycles. The number of halogens is 2. The smallest absolute Gasteiger partial charge is 0.260 e. The number of amides is 1. The van der Waals surface area contributed by atoms with Gasteiger partial charge in [0.1, 0.15) is 12.6 Å². The second-order valence-corrected chi connectivity index (χ2v) is 2.02. The Morgan fingerprint density at radius 2 is 2.40 bits per heavy atom. The molecular weight excluding hydrogens is 144 g/mol. The number of alkyl halides is 2. The SMILES string of the molecule is O=C1COCC(C(F)F)N1. The largest absolute Gasteiger partial charge is 0.369 e. The van der Waals surface area contributed by atoms with Crippen LogP contribution in [0.25, 0.3) is 0 Å². The second-order valence-electron chi connectivity index (χ2n) is 2.02. The summed E-state index contributed by atoms with van der Waals surface area (Å²) >= 11 is 0. The van der Waals surface area contributed by atoms with Gasteiger partial charge in [0.25, 0.3) is 6.43 Å². The minimum atomic E-state index is -2.54. The number of carbonyl (C=O) groups excluding carboxylic acids is 1. The van der Waals surface area contributed by atoms with Gasteiger partial charge in [0, 0.05) is 0 Å². The molecule has 0 saturated carbocycles. The van der Waals surface area contributed by atoms with E-state index in [2.05, 4.69) is 10.1 Å². The quantitative estimate of drug-likeness (QED) is 0.562. The third-order valence-corrected chi connectivity index (χ3v) is 1.18. The van der Waals surface area contributed by atoms with E-state index in [9.17, 15) is 13.6 Å². The summed E-state index contributed by atoms with van der Waals surface area (Å²) in [5, 5.41) is 2.10. The first kappa shape index (κ1) is 7.40. The molecule has 1 rings (SSSR count). The number of ether oxygens (including phenoxy) is 1. The number of hydrogen-bond donors (Lipinski definition) is 1. The first-order chi connectivity index (χ1) is 4.70. The Morgan fingerprint density at radius 3 is 2.80 bits per heavy atom. The van der Waals surface area contributed by atoms with Gasteiger partial charge in [0.05, 0.1) is 6.61 Å². The standard InChI is InChI=1S/C5H7F2NO2/c6-5(7)3-1-10-2-4(9)8-3/h3,5H,1-2H2,(H,8,9). The maximum Gasteiger partial charge on any atom is 0.260 e. The lowest BCUT2D eigenvalue weighted by atomic mass is 10.3. The van der Waals surface area contributed by atoms with Crippen molar-refractivity contribution in [1.29, 1.82) is 0 Å². The fraction of sp³-hybridized carbons (Fsp3) is 0.800. The van der Waals surface area contributed by atoms with E-state index < -0.39 is 18.4 Å². The van der Waals surface area contributed by atoms with Gasteiger partial charge in [-0.05, 0) is 0 Å². The summed E-state index contributed by atoms with van der Waals surface area (Å²) in [6.45, 7) is -0.202. The van der Waals surface area contributed by atoms with Gasteiger partial charge < -0.3 is 10.1 Å². The fourth-order valence-corrected chi connectivity index (χ4v) is 0.704. The molecule has 1 amide bonds. The van der Waals surface area contributed by atoms with Crippen LogP contribution in [-0.4, -0.2) is 31.6 Å². The van der Waals surface area contributed by atoms with E-state index in [1.54, 1.807) is 0 Å². The summed E-state index contributed by atoms with van der Waals surface area (Å²) in [6, 6.07) is -1.12. The van der Waals surface area contributed by atoms with Gasteiger partial charge in [-0.15, -0.1) is 0 Å². The number of nitrogens with one attached hydrogen (secondary N) is 1. The van der Waals surface area contributed by atoms with Crippen molar-refractivity contribution in [3.05, 3.63) is 0 Å². The van der Waals surface area contributed by atoms with Crippen LogP contribution < -0.4 is 5.32 Å². The van der Waals surface area contributed by atoms with Crippen molar-refractivity contribution in [3.8, 4) is 0 Å². The molecule has 5 heteroatoms. The number of rotatable bonds is 1. The van der Waals surface area contributed by atoms with Crippen molar-refractivity contribution in [3.63, 3.8) is 0 Å². The molecule has 1 unspecified atom stereocenters. The highest BCUT2D eigenvalue weighted by molar-refractivity contribution is 5.78. The van der Waals surface area contributed by atoms with E-state index in [0.29, 0.717) is 0 Å². The zero-order valence-electron chi connectivity index (χ0n) is 5.14. The summed E-state index contributed by atoms with van der Waals surface area (Å²) in [7, 11) is 0. The minimum absolute atomic E-state index is 0.0938. The molecule has 3 nitrogen and oxygen atoms in total. The van der Waals surface area contributed by atoms with Crippen LogP contribution in [-0.2, 0) is 9.53 Å². The van der Waals surface area contributed by atoms with E-state index in [0.717, 1.165) is 0 Å². The van der Waals surface area contributed by atoms with Crippen molar-refractivity contribution in [2.45, 2.75) is 12.5 Å². The highest BCUT2D eigenvalue weighted by Crippen LogP contribution is 2.04. The molecule has 0 aromatic rings. The Hall–Kier alpha value is -0.710. The Balaban J connectivity index is 2.39. The molecule has 1 saturated heterocycles. The predicted octanol–water partition coefficient (Wildman–Crippen LogP) is -0.233. The lowest BCUT2D eigenvalue weighted by molar-refractivity contribution is -0.134. The van der Waals surface area contributed by atoms with E-state index >= 15 is 0 Å². The summed E-state index contributed by atoms with van der Waals surface area (Å²) in [6.07, 6.45) is -2.54. The van der Waals surface area contributed by atoms with Crippen molar-refractivity contribution in [1.82, 2.24) is 5.32 Å². The highest BCUT2D eigenvalue weighted by atomic mass is 19.3. The van der Waals surface area contributed by atoms with Gasteiger partial charge in [-0.2, -0.15) is 0 Å². The first-order valence-electron chi connectivity index (χ1n) is 2.85. The summed E-state index contributed by atoms with van der Waals surface area (Å²) in [4.78, 5) is 10.4. The number of carbonyl (C=O) groups is 1. The van der Waals surface area contributed by atoms with Crippen LogP contribution in [0.5, 0.6) is 0 Å². The molecule has 1 N–H and O–H groups in total. The Bertz CT molecular complexity index is 140. The fourth-order valence-electron chi connectivity index (χ4n) is 0.704. The molecule has 1 fully saturated rings. The van der Waals surface area contributed by atoms with Gasteiger partial charge in [-0.25, -0.2) is 8.78 Å². The topological polar surface area (TPSA) is 38.3 Å². The van der Waals surface area contributed by atoms with Gasteiger partial charge >= 0.3 is 0 Å². The molecular formula is C5H7F2NO2. The lowest BCUT2D eigenvalue weighted by Gasteiger charge is -2.22. The first-order valence-corrected chi connectivity index (χ1v) is 2.85. The molecule has 0 aliphatic carbocycles. The van der Waals surface area contributed by atoms with Gasteiger partial charge in [0.2, 0.25) is 5.91 Å². The van der Waals surface area contributed by atoms with Crippen molar-refractivity contribution in [2.75, 3.05) is 13.2 Å². The molecule has 10 heavy (non-hydrogen) atoms. The third-order valence-electron chi connectivity index (χ3n) is 1.18. The van der Waals surface area contributed by atoms with Gasteiger partial charge in [-0.1, -0.05) is 0 Å². The van der Waals surface area contributed by atoms with Crippen molar-refractivity contribution in [2.24, 2.45) is 0 Å². The normalized spacial score (nSPS) is 26.7. The van der Waals surface area contributed by atoms with Crippen molar-refractivity contribution < 1.29 is 18.3 Å². The number of hydrogen-bond acceptors (Lipinski definition) is 2. The molecule has 1 aliphatic heterocycles. The van der Waals surface area contributed by atoms with Crippen LogP contribution in [0.3, 0.4) is 0 Å². The second kappa shape index (κ2) is 2.92. The lowest BCUT2D eigenvalue weighted by Crippen LogP contribution is -2.49. The zero-order valence-corrected chi connectivity index (χ0v) is 5.14. The number of morpholine rings is 1. The maximum absolute atomic E-state index is 11.8. The van der Waals surface area contributed by atoms with Crippen molar-refractivity contribution >= 4 is 5.91 Å². The zero-order chi connectivity index (χ0) is 7.56. The van der Waals surface area contributed by atoms with Crippen LogP contribution in [0.4, 0.5) is 8.78 Å². The predicted molar refractivity (Wildman–Crippen MR) is 28.8 cm³/mol. The molecule has 1 heterocycles. The molecule has 1 atom stereocenters. The summed E-state index contributed by atoms with van der Waals surface area (Å²) in [5.41, 5.74) is 0. The summed E-state index contributed by atoms with van der Waals surface area (Å²) in [5.74, 6) is -0.475. The van der Waals surface area contributed by atoms with E-state index in [1.807, 2.05) is 0 Å². The third kappa shape index (κ3) is 1.63. The van der Waals surface area contributed by atoms with E-state index in [-0.39, 0.29) is 13.2 Å². The minimum Gasteiger partial charge on any atom is -0.369 e. The Labute approximate surface area is 56.3 Å². The highest BCUT2D eigenvalue weighted by Gasteiger charge is 2.26. The van der Waals surface area contributed by atoms with Crippen LogP contribution in [0.1, 0.15) is 0 Å². The molecule has 0 bridgehead atoms. The van der Waals surface area contributed by atoms with Crippen LogP contribution in [0.2, 0.25) is 0 Å². The van der Waals surface area contributed by atoms with E-state index in [4.69, 9.17) is 0 Å². The van der Waals surface area contributed by atoms with Gasteiger partial charge in [-0.3, -0.25) is 4.79 Å². The molecule has 0 aromatic carbocycles. The monoisotopic (exact) mass is 151 g/mol. The molecule has 0 radical (unpaired) electrons. The van der Waals surface area contributed by atoms with Crippen LogP contribution in [0.15, 0.2) is 0 Å².